The Bertz CT molecular complexity index is 597. The van der Waals surface area contributed by atoms with Crippen LogP contribution >= 0.6 is 0 Å². The van der Waals surface area contributed by atoms with E-state index in [9.17, 15) is 19.2 Å². The molecule has 3 N–H and O–H groups in total. The highest BCUT2D eigenvalue weighted by atomic mass is 16.4. The minimum Gasteiger partial charge on any atom is -0.477 e. The number of H-pyrrole nitrogens is 1. The third-order valence-electron chi connectivity index (χ3n) is 2.35. The van der Waals surface area contributed by atoms with Gasteiger partial charge in [-0.25, -0.2) is 14.4 Å². The summed E-state index contributed by atoms with van der Waals surface area (Å²) in [6.45, 7) is 1.88. The fourth-order valence-electron chi connectivity index (χ4n) is 1.45. The predicted octanol–water partition coefficient (Wildman–Crippen LogP) is -0.267. The Hall–Kier alpha value is -2.38. The van der Waals surface area contributed by atoms with Crippen molar-refractivity contribution >= 4 is 11.9 Å². The van der Waals surface area contributed by atoms with E-state index in [-0.39, 0.29) is 6.54 Å². The molecule has 1 aromatic rings. The van der Waals surface area contributed by atoms with E-state index in [0.29, 0.717) is 17.4 Å². The zero-order chi connectivity index (χ0) is 13.9. The molecule has 0 fully saturated rings. The largest absolute Gasteiger partial charge is 0.477 e. The lowest BCUT2D eigenvalue weighted by Crippen LogP contribution is -2.41. The number of nitrogens with one attached hydrogen (secondary N) is 1. The van der Waals surface area contributed by atoms with Crippen molar-refractivity contribution in [1.82, 2.24) is 9.55 Å². The molecule has 0 aliphatic heterocycles. The molecule has 0 aliphatic carbocycles. The van der Waals surface area contributed by atoms with Crippen LogP contribution in [0.5, 0.6) is 0 Å². The molecule has 1 rings (SSSR count). The van der Waals surface area contributed by atoms with E-state index >= 15 is 0 Å². The van der Waals surface area contributed by atoms with Crippen LogP contribution in [0.3, 0.4) is 0 Å². The Morgan fingerprint density at radius 3 is 2.28 bits per heavy atom. The van der Waals surface area contributed by atoms with Gasteiger partial charge in [0.2, 0.25) is 0 Å². The monoisotopic (exact) mass is 256 g/mol. The van der Waals surface area contributed by atoms with Crippen molar-refractivity contribution in [2.24, 2.45) is 0 Å². The number of nitrogens with zero attached hydrogens (tertiary/aromatic N) is 1. The average molecular weight is 256 g/mol. The summed E-state index contributed by atoms with van der Waals surface area (Å²) in [4.78, 5) is 46.8. The minimum absolute atomic E-state index is 0.0465. The summed E-state index contributed by atoms with van der Waals surface area (Å²) in [5, 5.41) is 17.6. The number of carboxylic acids is 2. The predicted molar refractivity (Wildman–Crippen MR) is 60.1 cm³/mol. The van der Waals surface area contributed by atoms with Crippen LogP contribution < -0.4 is 11.2 Å². The number of hydrogen-bond acceptors (Lipinski definition) is 4. The maximum Gasteiger partial charge on any atom is 0.353 e. The molecule has 0 amide bonds. The van der Waals surface area contributed by atoms with E-state index in [2.05, 4.69) is 0 Å². The Kier molecular flexibility index (Phi) is 4.03. The van der Waals surface area contributed by atoms with Crippen molar-refractivity contribution < 1.29 is 19.8 Å². The molecule has 98 valence electrons. The van der Waals surface area contributed by atoms with Gasteiger partial charge in [0.1, 0.15) is 5.69 Å². The highest BCUT2D eigenvalue weighted by Gasteiger charge is 2.23. The molecule has 18 heavy (non-hydrogen) atoms. The van der Waals surface area contributed by atoms with Crippen molar-refractivity contribution in [3.8, 4) is 0 Å². The summed E-state index contributed by atoms with van der Waals surface area (Å²) in [6.07, 6.45) is 1.21. The number of rotatable bonds is 5. The second kappa shape index (κ2) is 5.30. The van der Waals surface area contributed by atoms with Crippen molar-refractivity contribution in [3.05, 3.63) is 32.1 Å². The maximum atomic E-state index is 11.8. The van der Waals surface area contributed by atoms with Crippen LogP contribution in [0.4, 0.5) is 0 Å². The van der Waals surface area contributed by atoms with Gasteiger partial charge >= 0.3 is 17.6 Å². The molecular formula is C10H12N2O6. The Morgan fingerprint density at radius 1 is 1.22 bits per heavy atom. The van der Waals surface area contributed by atoms with Crippen molar-refractivity contribution in [3.63, 3.8) is 0 Å². The van der Waals surface area contributed by atoms with Gasteiger partial charge in [-0.3, -0.25) is 9.36 Å². The molecule has 0 aromatic carbocycles. The second-order valence-corrected chi connectivity index (χ2v) is 3.60. The van der Waals surface area contributed by atoms with Gasteiger partial charge in [-0.15, -0.1) is 0 Å². The fourth-order valence-corrected chi connectivity index (χ4v) is 1.45. The number of carboxylic acid groups (broad SMARTS) is 2. The third kappa shape index (κ3) is 2.47. The fraction of sp³-hybridized carbons (Fsp3) is 0.400. The second-order valence-electron chi connectivity index (χ2n) is 3.60. The molecule has 8 heteroatoms. The van der Waals surface area contributed by atoms with Crippen molar-refractivity contribution in [1.29, 1.82) is 0 Å². The number of unbranched alkanes of at least 4 members (excludes halogenated alkanes) is 1. The molecule has 0 atom stereocenters. The van der Waals surface area contributed by atoms with Crippen LogP contribution in [-0.4, -0.2) is 31.7 Å². The lowest BCUT2D eigenvalue weighted by molar-refractivity contribution is 0.0642. The summed E-state index contributed by atoms with van der Waals surface area (Å²) in [7, 11) is 0. The summed E-state index contributed by atoms with van der Waals surface area (Å²) >= 11 is 0. The van der Waals surface area contributed by atoms with Gasteiger partial charge < -0.3 is 15.2 Å². The normalized spacial score (nSPS) is 10.3. The first-order chi connectivity index (χ1) is 8.40. The number of aromatic amines is 1. The standard InChI is InChI=1S/C10H12N2O6/c1-2-3-4-12-7(13)5(8(14)15)6(9(16)17)11-10(12)18/h2-4H2,1H3,(H,11,18)(H,14,15)(H,16,17). The minimum atomic E-state index is -1.68. The Morgan fingerprint density at radius 2 is 1.83 bits per heavy atom. The van der Waals surface area contributed by atoms with Crippen LogP contribution in [0.2, 0.25) is 0 Å². The molecule has 0 bridgehead atoms. The van der Waals surface area contributed by atoms with Gasteiger partial charge in [0, 0.05) is 6.54 Å². The smallest absolute Gasteiger partial charge is 0.353 e. The zero-order valence-electron chi connectivity index (χ0n) is 9.60. The lowest BCUT2D eigenvalue weighted by atomic mass is 10.2. The van der Waals surface area contributed by atoms with Gasteiger partial charge in [0.25, 0.3) is 5.56 Å². The highest BCUT2D eigenvalue weighted by Crippen LogP contribution is 1.99. The molecule has 0 saturated carbocycles. The van der Waals surface area contributed by atoms with E-state index in [4.69, 9.17) is 10.2 Å². The molecule has 0 aliphatic rings. The van der Waals surface area contributed by atoms with E-state index in [1.807, 2.05) is 11.9 Å². The van der Waals surface area contributed by atoms with Crippen LogP contribution in [0.15, 0.2) is 9.59 Å². The summed E-state index contributed by atoms with van der Waals surface area (Å²) in [5.41, 5.74) is -3.85. The van der Waals surface area contributed by atoms with Crippen LogP contribution in [0, 0.1) is 0 Å². The van der Waals surface area contributed by atoms with Crippen molar-refractivity contribution in [2.75, 3.05) is 0 Å². The number of aromatic carboxylic acids is 2. The van der Waals surface area contributed by atoms with E-state index in [1.165, 1.54) is 0 Å². The number of hydrogen-bond donors (Lipinski definition) is 3. The lowest BCUT2D eigenvalue weighted by Gasteiger charge is -2.06. The van der Waals surface area contributed by atoms with Crippen molar-refractivity contribution in [2.45, 2.75) is 26.3 Å². The molecule has 0 radical (unpaired) electrons. The third-order valence-corrected chi connectivity index (χ3v) is 2.35. The SMILES string of the molecule is CCCCn1c(=O)[nH]c(C(=O)O)c(C(=O)O)c1=O. The number of carbonyl (C=O) groups is 2. The van der Waals surface area contributed by atoms with Gasteiger partial charge in [0.15, 0.2) is 5.56 Å². The first-order valence-corrected chi connectivity index (χ1v) is 5.23. The van der Waals surface area contributed by atoms with Gasteiger partial charge in [-0.05, 0) is 6.42 Å². The number of aromatic nitrogens is 2. The summed E-state index contributed by atoms with van der Waals surface area (Å²) in [6, 6.07) is 0. The van der Waals surface area contributed by atoms with Gasteiger partial charge in [0.05, 0.1) is 0 Å². The summed E-state index contributed by atoms with van der Waals surface area (Å²) in [5.74, 6) is -3.34. The molecule has 1 aromatic heterocycles. The maximum absolute atomic E-state index is 11.8. The Balaban J connectivity index is 3.56. The molecular weight excluding hydrogens is 244 g/mol. The van der Waals surface area contributed by atoms with Crippen LogP contribution in [-0.2, 0) is 6.54 Å². The molecule has 1 heterocycles. The molecule has 8 nitrogen and oxygen atoms in total. The molecule has 0 unspecified atom stereocenters. The average Bonchev–Trinajstić information content (AvgIpc) is 2.27. The molecule has 0 spiro atoms. The van der Waals surface area contributed by atoms with Gasteiger partial charge in [-0.1, -0.05) is 13.3 Å². The van der Waals surface area contributed by atoms with E-state index < -0.39 is 34.4 Å². The van der Waals surface area contributed by atoms with Crippen LogP contribution in [0.1, 0.15) is 40.6 Å². The Labute approximate surface area is 101 Å². The van der Waals surface area contributed by atoms with E-state index in [1.54, 1.807) is 0 Å². The van der Waals surface area contributed by atoms with E-state index in [0.717, 1.165) is 0 Å². The summed E-state index contributed by atoms with van der Waals surface area (Å²) < 4.78 is 0.694. The zero-order valence-corrected chi connectivity index (χ0v) is 9.60. The van der Waals surface area contributed by atoms with Crippen LogP contribution in [0.25, 0.3) is 0 Å². The quantitative estimate of drug-likeness (QED) is 0.665. The topological polar surface area (TPSA) is 129 Å². The first-order valence-electron chi connectivity index (χ1n) is 5.23. The molecule has 0 saturated heterocycles. The first kappa shape index (κ1) is 13.7. The van der Waals surface area contributed by atoms with Gasteiger partial charge in [-0.2, -0.15) is 0 Å². The highest BCUT2D eigenvalue weighted by molar-refractivity contribution is 5.99.